The summed E-state index contributed by atoms with van der Waals surface area (Å²) in [5.41, 5.74) is 0.786. The summed E-state index contributed by atoms with van der Waals surface area (Å²) in [7, 11) is 3.15. The van der Waals surface area contributed by atoms with Crippen molar-refractivity contribution in [3.63, 3.8) is 0 Å². The predicted octanol–water partition coefficient (Wildman–Crippen LogP) is 1.62. The molecular weight excluding hydrogens is 282 g/mol. The molecule has 1 aliphatic rings. The molecule has 5 nitrogen and oxygen atoms in total. The number of ether oxygens (including phenoxy) is 2. The number of amides is 1. The lowest BCUT2D eigenvalue weighted by Crippen LogP contribution is -2.31. The van der Waals surface area contributed by atoms with Gasteiger partial charge in [-0.25, -0.2) is 0 Å². The fourth-order valence-corrected chi connectivity index (χ4v) is 2.28. The van der Waals surface area contributed by atoms with Crippen LogP contribution in [0.15, 0.2) is 18.2 Å². The van der Waals surface area contributed by atoms with Gasteiger partial charge in [-0.05, 0) is 17.7 Å². The highest BCUT2D eigenvalue weighted by molar-refractivity contribution is 5.78. The average molecular weight is 300 g/mol. The zero-order chi connectivity index (χ0) is 15.4. The number of alkyl halides is 2. The van der Waals surface area contributed by atoms with Crippen LogP contribution in [0.25, 0.3) is 0 Å². The molecule has 1 saturated heterocycles. The second-order valence-electron chi connectivity index (χ2n) is 4.92. The number of likely N-dealkylation sites (tertiary alicyclic amines) is 1. The third kappa shape index (κ3) is 4.04. The summed E-state index contributed by atoms with van der Waals surface area (Å²) in [6, 6.07) is 4.94. The Hall–Kier alpha value is -1.89. The van der Waals surface area contributed by atoms with E-state index in [1.54, 1.807) is 24.1 Å². The van der Waals surface area contributed by atoms with Crippen LogP contribution in [0.2, 0.25) is 0 Å². The maximum absolute atomic E-state index is 12.3. The molecule has 0 bridgehead atoms. The molecule has 1 heterocycles. The van der Waals surface area contributed by atoms with Crippen molar-refractivity contribution in [3.8, 4) is 11.5 Å². The Bertz CT molecular complexity index is 511. The number of carbonyl (C=O) groups is 1. The van der Waals surface area contributed by atoms with E-state index in [2.05, 4.69) is 10.1 Å². The summed E-state index contributed by atoms with van der Waals surface area (Å²) < 4.78 is 34.1. The molecule has 2 rings (SSSR count). The lowest BCUT2D eigenvalue weighted by molar-refractivity contribution is -0.126. The molecule has 1 aliphatic heterocycles. The van der Waals surface area contributed by atoms with Crippen molar-refractivity contribution in [1.29, 1.82) is 0 Å². The fourth-order valence-electron chi connectivity index (χ4n) is 2.28. The van der Waals surface area contributed by atoms with E-state index < -0.39 is 6.61 Å². The zero-order valence-corrected chi connectivity index (χ0v) is 11.9. The maximum Gasteiger partial charge on any atom is 0.387 e. The van der Waals surface area contributed by atoms with Gasteiger partial charge in [0.1, 0.15) is 0 Å². The number of methoxy groups -OCH3 is 1. The first-order valence-electron chi connectivity index (χ1n) is 6.58. The molecule has 0 radical (unpaired) electrons. The summed E-state index contributed by atoms with van der Waals surface area (Å²) in [5.74, 6) is 0.366. The van der Waals surface area contributed by atoms with Crippen molar-refractivity contribution in [1.82, 2.24) is 10.2 Å². The van der Waals surface area contributed by atoms with Gasteiger partial charge in [-0.3, -0.25) is 4.79 Å². The quantitative estimate of drug-likeness (QED) is 0.867. The molecule has 21 heavy (non-hydrogen) atoms. The van der Waals surface area contributed by atoms with Crippen molar-refractivity contribution in [2.45, 2.75) is 25.6 Å². The summed E-state index contributed by atoms with van der Waals surface area (Å²) in [6.45, 7) is -1.78. The Kier molecular flexibility index (Phi) is 4.95. The van der Waals surface area contributed by atoms with E-state index in [0.29, 0.717) is 19.5 Å². The third-order valence-electron chi connectivity index (χ3n) is 3.38. The largest absolute Gasteiger partial charge is 0.493 e. The van der Waals surface area contributed by atoms with Gasteiger partial charge in [0.15, 0.2) is 11.5 Å². The minimum atomic E-state index is -2.90. The normalized spacial score (nSPS) is 18.4. The van der Waals surface area contributed by atoms with Crippen LogP contribution < -0.4 is 14.8 Å². The van der Waals surface area contributed by atoms with Crippen LogP contribution in [0.1, 0.15) is 12.0 Å². The molecule has 1 aromatic carbocycles. The molecule has 1 unspecified atom stereocenters. The third-order valence-corrected chi connectivity index (χ3v) is 3.38. The molecule has 0 aliphatic carbocycles. The van der Waals surface area contributed by atoms with Gasteiger partial charge in [0.05, 0.1) is 7.11 Å². The van der Waals surface area contributed by atoms with Gasteiger partial charge in [0.25, 0.3) is 0 Å². The van der Waals surface area contributed by atoms with E-state index in [1.807, 2.05) is 0 Å². The van der Waals surface area contributed by atoms with Crippen molar-refractivity contribution < 1.29 is 23.0 Å². The molecule has 1 N–H and O–H groups in total. The zero-order valence-electron chi connectivity index (χ0n) is 11.9. The van der Waals surface area contributed by atoms with Crippen LogP contribution in [0.3, 0.4) is 0 Å². The number of halogens is 2. The molecule has 116 valence electrons. The van der Waals surface area contributed by atoms with Gasteiger partial charge in [0.2, 0.25) is 5.91 Å². The van der Waals surface area contributed by atoms with Crippen molar-refractivity contribution in [2.75, 3.05) is 20.7 Å². The topological polar surface area (TPSA) is 50.8 Å². The second kappa shape index (κ2) is 6.71. The first-order chi connectivity index (χ1) is 9.99. The number of hydrogen-bond acceptors (Lipinski definition) is 4. The summed E-state index contributed by atoms with van der Waals surface area (Å²) in [6.07, 6.45) is 0.451. The Labute approximate surface area is 121 Å². The van der Waals surface area contributed by atoms with Crippen LogP contribution in [0.5, 0.6) is 11.5 Å². The summed E-state index contributed by atoms with van der Waals surface area (Å²) >= 11 is 0. The molecule has 0 aromatic heterocycles. The Balaban J connectivity index is 1.98. The molecule has 0 spiro atoms. The van der Waals surface area contributed by atoms with Crippen molar-refractivity contribution in [3.05, 3.63) is 23.8 Å². The minimum Gasteiger partial charge on any atom is -0.493 e. The van der Waals surface area contributed by atoms with E-state index in [-0.39, 0.29) is 23.4 Å². The van der Waals surface area contributed by atoms with E-state index >= 15 is 0 Å². The molecule has 7 heteroatoms. The first-order valence-corrected chi connectivity index (χ1v) is 6.58. The van der Waals surface area contributed by atoms with Crippen LogP contribution in [0, 0.1) is 0 Å². The number of rotatable bonds is 6. The fraction of sp³-hybridized carbons (Fsp3) is 0.500. The molecule has 0 saturated carbocycles. The van der Waals surface area contributed by atoms with Crippen LogP contribution in [-0.2, 0) is 11.3 Å². The highest BCUT2D eigenvalue weighted by atomic mass is 19.3. The lowest BCUT2D eigenvalue weighted by Gasteiger charge is -2.14. The Morgan fingerprint density at radius 2 is 2.19 bits per heavy atom. The molecular formula is C14H18F2N2O3. The van der Waals surface area contributed by atoms with Gasteiger partial charge in [-0.1, -0.05) is 6.07 Å². The number of nitrogens with zero attached hydrogens (tertiary/aromatic N) is 1. The molecule has 1 amide bonds. The molecule has 1 fully saturated rings. The van der Waals surface area contributed by atoms with E-state index in [0.717, 1.165) is 5.56 Å². The van der Waals surface area contributed by atoms with Crippen molar-refractivity contribution >= 4 is 5.91 Å². The SMILES string of the molecule is COc1ccc(CNC2CC(=O)N(C)C2)cc1OC(F)F. The summed E-state index contributed by atoms with van der Waals surface area (Å²) in [4.78, 5) is 13.1. The number of hydrogen-bond donors (Lipinski definition) is 1. The first kappa shape index (κ1) is 15.5. The van der Waals surface area contributed by atoms with Crippen molar-refractivity contribution in [2.24, 2.45) is 0 Å². The van der Waals surface area contributed by atoms with E-state index in [9.17, 15) is 13.6 Å². The van der Waals surface area contributed by atoms with E-state index in [1.165, 1.54) is 13.2 Å². The average Bonchev–Trinajstić information content (AvgIpc) is 2.75. The van der Waals surface area contributed by atoms with Crippen LogP contribution in [0.4, 0.5) is 8.78 Å². The van der Waals surface area contributed by atoms with Gasteiger partial charge in [-0.15, -0.1) is 0 Å². The highest BCUT2D eigenvalue weighted by Gasteiger charge is 2.26. The van der Waals surface area contributed by atoms with Gasteiger partial charge < -0.3 is 19.7 Å². The number of benzene rings is 1. The highest BCUT2D eigenvalue weighted by Crippen LogP contribution is 2.29. The number of nitrogens with one attached hydrogen (secondary N) is 1. The number of likely N-dealkylation sites (N-methyl/N-ethyl adjacent to an activating group) is 1. The van der Waals surface area contributed by atoms with Crippen LogP contribution >= 0.6 is 0 Å². The Morgan fingerprint density at radius 3 is 2.76 bits per heavy atom. The smallest absolute Gasteiger partial charge is 0.387 e. The number of carbonyl (C=O) groups excluding carboxylic acids is 1. The monoisotopic (exact) mass is 300 g/mol. The predicted molar refractivity (Wildman–Crippen MR) is 72.5 cm³/mol. The molecule has 1 aromatic rings. The van der Waals surface area contributed by atoms with Gasteiger partial charge in [-0.2, -0.15) is 8.78 Å². The standard InChI is InChI=1S/C14H18F2N2O3/c1-18-8-10(6-13(18)19)17-7-9-3-4-11(20-2)12(5-9)21-14(15)16/h3-5,10,14,17H,6-8H2,1-2H3. The minimum absolute atomic E-state index is 0.00594. The van der Waals surface area contributed by atoms with Gasteiger partial charge in [0, 0.05) is 32.6 Å². The summed E-state index contributed by atoms with van der Waals surface area (Å²) in [5, 5.41) is 3.23. The molecule has 1 atom stereocenters. The van der Waals surface area contributed by atoms with E-state index in [4.69, 9.17) is 4.74 Å². The van der Waals surface area contributed by atoms with Crippen LogP contribution in [-0.4, -0.2) is 44.2 Å². The second-order valence-corrected chi connectivity index (χ2v) is 4.92. The Morgan fingerprint density at radius 1 is 1.43 bits per heavy atom. The van der Waals surface area contributed by atoms with Gasteiger partial charge >= 0.3 is 6.61 Å². The lowest BCUT2D eigenvalue weighted by atomic mass is 10.1. The maximum atomic E-state index is 12.3.